The van der Waals surface area contributed by atoms with Gasteiger partial charge in [0.05, 0.1) is 25.7 Å². The van der Waals surface area contributed by atoms with E-state index in [9.17, 15) is 9.59 Å². The van der Waals surface area contributed by atoms with Gasteiger partial charge in [-0.2, -0.15) is 0 Å². The van der Waals surface area contributed by atoms with Crippen molar-refractivity contribution in [2.75, 3.05) is 32.9 Å². The predicted octanol–water partition coefficient (Wildman–Crippen LogP) is 2.44. The average molecular weight is 338 g/mol. The van der Waals surface area contributed by atoms with Crippen LogP contribution in [0.15, 0.2) is 12.7 Å². The standard InChI is InChI=1S/C18H30N2O4/c1-4-11-23-12-8-17(21)19-9-6-15(7-10-19)20-16(14(3)5-2)13-24-18(20)22/h4,14-16H,1,5-13H2,2-3H3. The fourth-order valence-electron chi connectivity index (χ4n) is 3.45. The van der Waals surface area contributed by atoms with Gasteiger partial charge >= 0.3 is 6.09 Å². The minimum Gasteiger partial charge on any atom is -0.447 e. The lowest BCUT2D eigenvalue weighted by molar-refractivity contribution is -0.133. The number of rotatable bonds is 8. The van der Waals surface area contributed by atoms with E-state index in [1.807, 2.05) is 9.80 Å². The Hall–Kier alpha value is -1.56. The molecule has 0 saturated carbocycles. The van der Waals surface area contributed by atoms with Crippen LogP contribution < -0.4 is 0 Å². The topological polar surface area (TPSA) is 59.1 Å². The Morgan fingerprint density at radius 3 is 2.79 bits per heavy atom. The van der Waals surface area contributed by atoms with Crippen LogP contribution in [-0.2, 0) is 14.3 Å². The van der Waals surface area contributed by atoms with Crippen molar-refractivity contribution in [3.05, 3.63) is 12.7 Å². The molecule has 136 valence electrons. The summed E-state index contributed by atoms with van der Waals surface area (Å²) >= 11 is 0. The van der Waals surface area contributed by atoms with Crippen LogP contribution in [0.3, 0.4) is 0 Å². The summed E-state index contributed by atoms with van der Waals surface area (Å²) in [4.78, 5) is 28.1. The van der Waals surface area contributed by atoms with Gasteiger partial charge in [0.15, 0.2) is 0 Å². The van der Waals surface area contributed by atoms with Crippen molar-refractivity contribution in [2.24, 2.45) is 5.92 Å². The number of carbonyl (C=O) groups excluding carboxylic acids is 2. The Balaban J connectivity index is 1.82. The molecule has 2 aliphatic heterocycles. The molecule has 0 bridgehead atoms. The van der Waals surface area contributed by atoms with Crippen molar-refractivity contribution in [1.82, 2.24) is 9.80 Å². The second-order valence-electron chi connectivity index (χ2n) is 6.66. The third-order valence-corrected chi connectivity index (χ3v) is 5.15. The maximum atomic E-state index is 12.2. The van der Waals surface area contributed by atoms with Crippen LogP contribution in [0.4, 0.5) is 4.79 Å². The second-order valence-corrected chi connectivity index (χ2v) is 6.66. The molecule has 0 spiro atoms. The number of carbonyl (C=O) groups is 2. The first kappa shape index (κ1) is 18.8. The van der Waals surface area contributed by atoms with E-state index in [1.54, 1.807) is 6.08 Å². The van der Waals surface area contributed by atoms with E-state index in [2.05, 4.69) is 20.4 Å². The van der Waals surface area contributed by atoms with Gasteiger partial charge in [-0.05, 0) is 18.8 Å². The first-order chi connectivity index (χ1) is 11.6. The van der Waals surface area contributed by atoms with E-state index in [-0.39, 0.29) is 24.1 Å². The number of ether oxygens (including phenoxy) is 2. The van der Waals surface area contributed by atoms with E-state index in [0.717, 1.165) is 19.3 Å². The summed E-state index contributed by atoms with van der Waals surface area (Å²) in [6.45, 7) is 10.7. The van der Waals surface area contributed by atoms with Gasteiger partial charge in [0.25, 0.3) is 0 Å². The molecule has 24 heavy (non-hydrogen) atoms. The molecule has 0 radical (unpaired) electrons. The molecule has 0 aliphatic carbocycles. The molecular formula is C18H30N2O4. The van der Waals surface area contributed by atoms with Gasteiger partial charge in [-0.1, -0.05) is 26.3 Å². The minimum absolute atomic E-state index is 0.125. The van der Waals surface area contributed by atoms with Crippen molar-refractivity contribution in [2.45, 2.75) is 51.6 Å². The zero-order valence-corrected chi connectivity index (χ0v) is 14.9. The van der Waals surface area contributed by atoms with Crippen LogP contribution in [0.25, 0.3) is 0 Å². The van der Waals surface area contributed by atoms with Crippen molar-refractivity contribution in [3.8, 4) is 0 Å². The second kappa shape index (κ2) is 9.06. The van der Waals surface area contributed by atoms with Gasteiger partial charge < -0.3 is 14.4 Å². The molecule has 2 atom stereocenters. The highest BCUT2D eigenvalue weighted by molar-refractivity contribution is 5.76. The Kier molecular flexibility index (Phi) is 7.09. The van der Waals surface area contributed by atoms with Gasteiger partial charge in [-0.15, -0.1) is 6.58 Å². The van der Waals surface area contributed by atoms with Gasteiger partial charge in [0.2, 0.25) is 5.91 Å². The van der Waals surface area contributed by atoms with Crippen LogP contribution in [0, 0.1) is 5.92 Å². The molecule has 2 unspecified atom stereocenters. The van der Waals surface area contributed by atoms with Crippen LogP contribution in [-0.4, -0.2) is 66.8 Å². The average Bonchev–Trinajstić information content (AvgIpc) is 2.99. The van der Waals surface area contributed by atoms with Crippen LogP contribution >= 0.6 is 0 Å². The molecule has 2 saturated heterocycles. The normalized spacial score (nSPS) is 23.2. The molecule has 6 heteroatoms. The molecule has 2 heterocycles. The molecule has 0 aromatic carbocycles. The molecule has 0 aromatic heterocycles. The summed E-state index contributed by atoms with van der Waals surface area (Å²) in [7, 11) is 0. The Morgan fingerprint density at radius 2 is 2.17 bits per heavy atom. The highest BCUT2D eigenvalue weighted by Crippen LogP contribution is 2.28. The summed E-state index contributed by atoms with van der Waals surface area (Å²) in [5, 5.41) is 0. The maximum Gasteiger partial charge on any atom is 0.410 e. The van der Waals surface area contributed by atoms with Crippen LogP contribution in [0.1, 0.15) is 39.5 Å². The number of hydrogen-bond donors (Lipinski definition) is 0. The number of nitrogens with zero attached hydrogens (tertiary/aromatic N) is 2. The van der Waals surface area contributed by atoms with Gasteiger partial charge in [-0.3, -0.25) is 9.69 Å². The van der Waals surface area contributed by atoms with E-state index in [0.29, 0.717) is 45.2 Å². The van der Waals surface area contributed by atoms with Crippen LogP contribution in [0.2, 0.25) is 0 Å². The monoisotopic (exact) mass is 338 g/mol. The highest BCUT2D eigenvalue weighted by atomic mass is 16.6. The fourth-order valence-corrected chi connectivity index (χ4v) is 3.45. The maximum absolute atomic E-state index is 12.2. The number of amides is 2. The number of likely N-dealkylation sites (tertiary alicyclic amines) is 1. The third-order valence-electron chi connectivity index (χ3n) is 5.15. The van der Waals surface area contributed by atoms with E-state index >= 15 is 0 Å². The molecule has 6 nitrogen and oxygen atoms in total. The van der Waals surface area contributed by atoms with E-state index in [1.165, 1.54) is 0 Å². The number of hydrogen-bond acceptors (Lipinski definition) is 4. The molecule has 2 rings (SSSR count). The van der Waals surface area contributed by atoms with Crippen LogP contribution in [0.5, 0.6) is 0 Å². The van der Waals surface area contributed by atoms with Crippen molar-refractivity contribution in [3.63, 3.8) is 0 Å². The Labute approximate surface area is 144 Å². The highest BCUT2D eigenvalue weighted by Gasteiger charge is 2.41. The Bertz CT molecular complexity index is 446. The van der Waals surface area contributed by atoms with Gasteiger partial charge in [-0.25, -0.2) is 4.79 Å². The van der Waals surface area contributed by atoms with E-state index < -0.39 is 0 Å². The molecule has 2 fully saturated rings. The van der Waals surface area contributed by atoms with Gasteiger partial charge in [0, 0.05) is 19.1 Å². The molecule has 2 amide bonds. The Morgan fingerprint density at radius 1 is 1.46 bits per heavy atom. The molecule has 2 aliphatic rings. The number of piperidine rings is 1. The van der Waals surface area contributed by atoms with Crippen molar-refractivity contribution >= 4 is 12.0 Å². The molecule has 0 N–H and O–H groups in total. The quantitative estimate of drug-likeness (QED) is 0.504. The molecular weight excluding hydrogens is 308 g/mol. The minimum atomic E-state index is -0.192. The summed E-state index contributed by atoms with van der Waals surface area (Å²) < 4.78 is 10.6. The summed E-state index contributed by atoms with van der Waals surface area (Å²) in [6, 6.07) is 0.349. The van der Waals surface area contributed by atoms with E-state index in [4.69, 9.17) is 9.47 Å². The van der Waals surface area contributed by atoms with Gasteiger partial charge in [0.1, 0.15) is 6.61 Å². The fraction of sp³-hybridized carbons (Fsp3) is 0.778. The summed E-state index contributed by atoms with van der Waals surface area (Å²) in [5.41, 5.74) is 0. The zero-order chi connectivity index (χ0) is 17.5. The first-order valence-electron chi connectivity index (χ1n) is 9.00. The lowest BCUT2D eigenvalue weighted by atomic mass is 9.95. The number of cyclic esters (lactones) is 1. The summed E-state index contributed by atoms with van der Waals surface area (Å²) in [5.74, 6) is 0.554. The predicted molar refractivity (Wildman–Crippen MR) is 91.7 cm³/mol. The lowest BCUT2D eigenvalue weighted by Crippen LogP contribution is -2.51. The van der Waals surface area contributed by atoms with Crippen molar-refractivity contribution < 1.29 is 19.1 Å². The molecule has 0 aromatic rings. The third kappa shape index (κ3) is 4.50. The lowest BCUT2D eigenvalue weighted by Gasteiger charge is -2.39. The zero-order valence-electron chi connectivity index (χ0n) is 14.9. The first-order valence-corrected chi connectivity index (χ1v) is 9.00. The largest absolute Gasteiger partial charge is 0.447 e. The smallest absolute Gasteiger partial charge is 0.410 e. The summed E-state index contributed by atoms with van der Waals surface area (Å²) in [6.07, 6.45) is 4.56. The SMILES string of the molecule is C=CCOCCC(=O)N1CCC(N2C(=O)OCC2C(C)CC)CC1. The van der Waals surface area contributed by atoms with Crippen molar-refractivity contribution in [1.29, 1.82) is 0 Å².